The Kier molecular flexibility index (Phi) is 5.56. The molecular formula is C16H25N3O. The fourth-order valence-corrected chi connectivity index (χ4v) is 2.81. The van der Waals surface area contributed by atoms with Crippen LogP contribution < -0.4 is 5.73 Å². The average Bonchev–Trinajstić information content (AvgIpc) is 2.48. The summed E-state index contributed by atoms with van der Waals surface area (Å²) in [6.45, 7) is 3.56. The number of likely N-dealkylation sites (tertiary alicyclic amines) is 1. The van der Waals surface area contributed by atoms with Gasteiger partial charge in [-0.1, -0.05) is 30.3 Å². The number of amides is 1. The van der Waals surface area contributed by atoms with Gasteiger partial charge >= 0.3 is 0 Å². The highest BCUT2D eigenvalue weighted by Gasteiger charge is 2.24. The summed E-state index contributed by atoms with van der Waals surface area (Å²) in [5, 5.41) is 0. The maximum Gasteiger partial charge on any atom is 0.223 e. The molecule has 1 heterocycles. The summed E-state index contributed by atoms with van der Waals surface area (Å²) in [7, 11) is 1.91. The van der Waals surface area contributed by atoms with Crippen molar-refractivity contribution >= 4 is 5.91 Å². The smallest absolute Gasteiger partial charge is 0.223 e. The van der Waals surface area contributed by atoms with E-state index in [1.54, 1.807) is 0 Å². The van der Waals surface area contributed by atoms with Gasteiger partial charge < -0.3 is 10.6 Å². The standard InChI is InChI=1S/C16H25N3O/c1-18(16(20)7-10-17)15-8-11-19(12-9-15)13-14-5-3-2-4-6-14/h2-6,15H,7-13,17H2,1H3. The summed E-state index contributed by atoms with van der Waals surface area (Å²) in [4.78, 5) is 16.2. The molecule has 4 nitrogen and oxygen atoms in total. The number of hydrogen-bond donors (Lipinski definition) is 1. The zero-order chi connectivity index (χ0) is 14.4. The highest BCUT2D eigenvalue weighted by molar-refractivity contribution is 5.76. The molecule has 0 atom stereocenters. The van der Waals surface area contributed by atoms with Gasteiger partial charge in [0.05, 0.1) is 0 Å². The molecule has 0 radical (unpaired) electrons. The van der Waals surface area contributed by atoms with Gasteiger partial charge in [0.25, 0.3) is 0 Å². The first-order valence-corrected chi connectivity index (χ1v) is 7.42. The molecule has 1 aromatic carbocycles. The summed E-state index contributed by atoms with van der Waals surface area (Å²) in [5.41, 5.74) is 6.81. The number of piperidine rings is 1. The van der Waals surface area contributed by atoms with Crippen LogP contribution in [0.1, 0.15) is 24.8 Å². The van der Waals surface area contributed by atoms with Gasteiger partial charge in [0.15, 0.2) is 0 Å². The second kappa shape index (κ2) is 7.41. The molecule has 0 aromatic heterocycles. The number of carbonyl (C=O) groups excluding carboxylic acids is 1. The molecule has 1 aliphatic rings. The van der Waals surface area contributed by atoms with Crippen molar-refractivity contribution < 1.29 is 4.79 Å². The van der Waals surface area contributed by atoms with E-state index in [1.165, 1.54) is 5.56 Å². The van der Waals surface area contributed by atoms with Crippen molar-refractivity contribution in [1.82, 2.24) is 9.80 Å². The molecule has 1 saturated heterocycles. The molecule has 4 heteroatoms. The molecule has 1 aromatic rings. The Morgan fingerprint density at radius 3 is 2.55 bits per heavy atom. The van der Waals surface area contributed by atoms with E-state index < -0.39 is 0 Å². The molecule has 20 heavy (non-hydrogen) atoms. The summed E-state index contributed by atoms with van der Waals surface area (Å²) >= 11 is 0. The van der Waals surface area contributed by atoms with E-state index in [0.717, 1.165) is 32.5 Å². The molecule has 110 valence electrons. The van der Waals surface area contributed by atoms with Crippen molar-refractivity contribution in [2.45, 2.75) is 31.8 Å². The minimum Gasteiger partial charge on any atom is -0.343 e. The number of carbonyl (C=O) groups is 1. The Morgan fingerprint density at radius 1 is 1.30 bits per heavy atom. The van der Waals surface area contributed by atoms with E-state index in [2.05, 4.69) is 29.2 Å². The lowest BCUT2D eigenvalue weighted by atomic mass is 10.0. The average molecular weight is 275 g/mol. The number of hydrogen-bond acceptors (Lipinski definition) is 3. The Morgan fingerprint density at radius 2 is 1.95 bits per heavy atom. The maximum absolute atomic E-state index is 11.8. The van der Waals surface area contributed by atoms with Gasteiger partial charge in [0.1, 0.15) is 0 Å². The lowest BCUT2D eigenvalue weighted by Crippen LogP contribution is -2.45. The number of benzene rings is 1. The maximum atomic E-state index is 11.8. The lowest BCUT2D eigenvalue weighted by Gasteiger charge is -2.36. The Balaban J connectivity index is 1.79. The molecule has 0 unspecified atom stereocenters. The summed E-state index contributed by atoms with van der Waals surface area (Å²) in [6.07, 6.45) is 2.57. The molecule has 1 aliphatic heterocycles. The molecule has 0 bridgehead atoms. The summed E-state index contributed by atoms with van der Waals surface area (Å²) in [6, 6.07) is 10.9. The van der Waals surface area contributed by atoms with Crippen LogP contribution in [0.3, 0.4) is 0 Å². The van der Waals surface area contributed by atoms with Crippen molar-refractivity contribution in [3.05, 3.63) is 35.9 Å². The van der Waals surface area contributed by atoms with E-state index in [4.69, 9.17) is 5.73 Å². The highest BCUT2D eigenvalue weighted by Crippen LogP contribution is 2.18. The van der Waals surface area contributed by atoms with Crippen LogP contribution >= 0.6 is 0 Å². The highest BCUT2D eigenvalue weighted by atomic mass is 16.2. The van der Waals surface area contributed by atoms with Crippen LogP contribution in [-0.2, 0) is 11.3 Å². The van der Waals surface area contributed by atoms with Gasteiger partial charge in [0.2, 0.25) is 5.91 Å². The topological polar surface area (TPSA) is 49.6 Å². The molecule has 1 amide bonds. The molecular weight excluding hydrogens is 250 g/mol. The van der Waals surface area contributed by atoms with Crippen LogP contribution in [0.15, 0.2) is 30.3 Å². The predicted molar refractivity (Wildman–Crippen MR) is 81.2 cm³/mol. The fourth-order valence-electron chi connectivity index (χ4n) is 2.81. The molecule has 2 N–H and O–H groups in total. The second-order valence-electron chi connectivity index (χ2n) is 5.54. The first-order valence-electron chi connectivity index (χ1n) is 7.42. The summed E-state index contributed by atoms with van der Waals surface area (Å²) < 4.78 is 0. The van der Waals surface area contributed by atoms with E-state index in [9.17, 15) is 4.79 Å². The summed E-state index contributed by atoms with van der Waals surface area (Å²) in [5.74, 6) is 0.175. The minimum atomic E-state index is 0.175. The Labute approximate surface area is 121 Å². The number of nitrogens with zero attached hydrogens (tertiary/aromatic N) is 2. The van der Waals surface area contributed by atoms with Gasteiger partial charge in [-0.25, -0.2) is 0 Å². The first-order chi connectivity index (χ1) is 9.70. The van der Waals surface area contributed by atoms with Crippen LogP contribution in [0.2, 0.25) is 0 Å². The quantitative estimate of drug-likeness (QED) is 0.885. The monoisotopic (exact) mass is 275 g/mol. The van der Waals surface area contributed by atoms with Gasteiger partial charge in [-0.05, 0) is 18.4 Å². The third-order valence-electron chi connectivity index (χ3n) is 4.11. The lowest BCUT2D eigenvalue weighted by molar-refractivity contribution is -0.132. The van der Waals surface area contributed by atoms with Crippen molar-refractivity contribution in [3.63, 3.8) is 0 Å². The van der Waals surface area contributed by atoms with Crippen molar-refractivity contribution in [2.75, 3.05) is 26.7 Å². The largest absolute Gasteiger partial charge is 0.343 e. The Hall–Kier alpha value is -1.39. The zero-order valence-corrected chi connectivity index (χ0v) is 12.3. The molecule has 1 fully saturated rings. The number of nitrogens with two attached hydrogens (primary N) is 1. The normalized spacial score (nSPS) is 17.1. The molecule has 0 spiro atoms. The zero-order valence-electron chi connectivity index (χ0n) is 12.3. The van der Waals surface area contributed by atoms with E-state index >= 15 is 0 Å². The third-order valence-corrected chi connectivity index (χ3v) is 4.11. The van der Waals surface area contributed by atoms with Gasteiger partial charge in [-0.15, -0.1) is 0 Å². The third kappa shape index (κ3) is 4.05. The van der Waals surface area contributed by atoms with Crippen LogP contribution in [0, 0.1) is 0 Å². The van der Waals surface area contributed by atoms with Crippen LogP contribution in [0.4, 0.5) is 0 Å². The van der Waals surface area contributed by atoms with Crippen LogP contribution in [-0.4, -0.2) is 48.4 Å². The number of rotatable bonds is 5. The van der Waals surface area contributed by atoms with Crippen molar-refractivity contribution in [2.24, 2.45) is 5.73 Å². The van der Waals surface area contributed by atoms with Crippen molar-refractivity contribution in [1.29, 1.82) is 0 Å². The van der Waals surface area contributed by atoms with Gasteiger partial charge in [-0.3, -0.25) is 9.69 Å². The van der Waals surface area contributed by atoms with Crippen molar-refractivity contribution in [3.8, 4) is 0 Å². The molecule has 0 aliphatic carbocycles. The van der Waals surface area contributed by atoms with E-state index in [-0.39, 0.29) is 5.91 Å². The predicted octanol–water partition coefficient (Wildman–Crippen LogP) is 1.46. The minimum absolute atomic E-state index is 0.175. The molecule has 2 rings (SSSR count). The van der Waals surface area contributed by atoms with E-state index in [0.29, 0.717) is 19.0 Å². The first kappa shape index (κ1) is 15.0. The van der Waals surface area contributed by atoms with Gasteiger partial charge in [-0.2, -0.15) is 0 Å². The second-order valence-corrected chi connectivity index (χ2v) is 5.54. The van der Waals surface area contributed by atoms with E-state index in [1.807, 2.05) is 18.0 Å². The SMILES string of the molecule is CN(C(=O)CCN)C1CCN(Cc2ccccc2)CC1. The Bertz CT molecular complexity index is 413. The fraction of sp³-hybridized carbons (Fsp3) is 0.562. The van der Waals surface area contributed by atoms with Crippen LogP contribution in [0.25, 0.3) is 0 Å². The molecule has 0 saturated carbocycles. The van der Waals surface area contributed by atoms with Crippen LogP contribution in [0.5, 0.6) is 0 Å². The van der Waals surface area contributed by atoms with Gasteiger partial charge in [0, 0.05) is 45.7 Å².